The van der Waals surface area contributed by atoms with Crippen molar-refractivity contribution in [3.63, 3.8) is 0 Å². The van der Waals surface area contributed by atoms with E-state index in [1.54, 1.807) is 29.6 Å². The van der Waals surface area contributed by atoms with Crippen LogP contribution >= 0.6 is 22.7 Å². The maximum absolute atomic E-state index is 14.1. The van der Waals surface area contributed by atoms with Crippen molar-refractivity contribution in [3.8, 4) is 33.6 Å². The molecule has 6 aromatic rings. The zero-order chi connectivity index (χ0) is 41.9. The van der Waals surface area contributed by atoms with Crippen LogP contribution in [0, 0.1) is 5.92 Å². The first-order valence-electron chi connectivity index (χ1n) is 20.3. The summed E-state index contributed by atoms with van der Waals surface area (Å²) in [5.41, 5.74) is 6.73. The molecule has 14 nitrogen and oxygen atoms in total. The van der Waals surface area contributed by atoms with Gasteiger partial charge in [0.15, 0.2) is 0 Å². The van der Waals surface area contributed by atoms with E-state index in [0.29, 0.717) is 18.7 Å². The molecule has 0 aliphatic carbocycles. The molecule has 0 spiro atoms. The highest BCUT2D eigenvalue weighted by molar-refractivity contribution is 7.27. The van der Waals surface area contributed by atoms with Gasteiger partial charge in [-0.15, -0.1) is 22.7 Å². The number of amides is 4. The molecule has 2 aromatic carbocycles. The van der Waals surface area contributed by atoms with Crippen LogP contribution in [0.5, 0.6) is 0 Å². The van der Waals surface area contributed by atoms with Gasteiger partial charge in [0, 0.05) is 35.0 Å². The van der Waals surface area contributed by atoms with Crippen molar-refractivity contribution >= 4 is 56.1 Å². The highest BCUT2D eigenvalue weighted by atomic mass is 32.1. The van der Waals surface area contributed by atoms with Gasteiger partial charge in [-0.1, -0.05) is 68.4 Å². The molecule has 2 saturated heterocycles. The number of imidazole rings is 2. The van der Waals surface area contributed by atoms with Gasteiger partial charge in [0.05, 0.1) is 59.0 Å². The molecule has 0 radical (unpaired) electrons. The number of aromatic amines is 2. The third-order valence-corrected chi connectivity index (χ3v) is 13.4. The van der Waals surface area contributed by atoms with Crippen molar-refractivity contribution < 1.29 is 28.7 Å². The lowest BCUT2D eigenvalue weighted by atomic mass is 10.0. The summed E-state index contributed by atoms with van der Waals surface area (Å²) in [6.45, 7) is 6.89. The molecule has 2 fully saturated rings. The summed E-state index contributed by atoms with van der Waals surface area (Å²) in [7, 11) is 1.29. The van der Waals surface area contributed by atoms with Gasteiger partial charge in [0.25, 0.3) is 5.91 Å². The molecule has 0 saturated carbocycles. The molecule has 8 rings (SSSR count). The van der Waals surface area contributed by atoms with Crippen LogP contribution < -0.4 is 10.6 Å². The van der Waals surface area contributed by atoms with Gasteiger partial charge in [-0.2, -0.15) is 0 Å². The van der Waals surface area contributed by atoms with Gasteiger partial charge in [-0.25, -0.2) is 19.6 Å². The first-order valence-corrected chi connectivity index (χ1v) is 22.0. The molecule has 4 N–H and O–H groups in total. The fourth-order valence-corrected chi connectivity index (χ4v) is 10.7. The van der Waals surface area contributed by atoms with Crippen molar-refractivity contribution in [2.24, 2.45) is 5.92 Å². The van der Waals surface area contributed by atoms with E-state index in [-0.39, 0.29) is 36.4 Å². The molecule has 312 valence electrons. The molecule has 16 heteroatoms. The van der Waals surface area contributed by atoms with Crippen LogP contribution in [-0.2, 0) is 19.1 Å². The van der Waals surface area contributed by atoms with Gasteiger partial charge in [0.1, 0.15) is 23.7 Å². The number of benzene rings is 2. The molecular formula is C44H48N8O6S2. The van der Waals surface area contributed by atoms with Crippen molar-refractivity contribution in [1.29, 1.82) is 0 Å². The summed E-state index contributed by atoms with van der Waals surface area (Å²) in [5.74, 6) is 0.992. The van der Waals surface area contributed by atoms with Crippen LogP contribution in [0.2, 0.25) is 0 Å². The summed E-state index contributed by atoms with van der Waals surface area (Å²) < 4.78 is 12.2. The Morgan fingerprint density at radius 2 is 1.35 bits per heavy atom. The van der Waals surface area contributed by atoms with E-state index in [9.17, 15) is 19.2 Å². The third kappa shape index (κ3) is 8.13. The second kappa shape index (κ2) is 17.7. The second-order valence-electron chi connectivity index (χ2n) is 15.3. The van der Waals surface area contributed by atoms with Gasteiger partial charge >= 0.3 is 12.2 Å². The number of H-pyrrole nitrogens is 2. The van der Waals surface area contributed by atoms with Crippen LogP contribution in [0.3, 0.4) is 0 Å². The summed E-state index contributed by atoms with van der Waals surface area (Å²) in [6.07, 6.45) is 5.60. The van der Waals surface area contributed by atoms with Crippen LogP contribution in [0.4, 0.5) is 9.59 Å². The monoisotopic (exact) mass is 848 g/mol. The molecule has 0 bridgehead atoms. The zero-order valence-electron chi connectivity index (χ0n) is 33.9. The standard InChI is InChI=1S/C44H48N8O6S2/c1-5-58-44(56)50-36(28-11-7-6-8-12-28)42(54)52-20-10-14-34(52)40-46-22-32(48-40)30-24-60-37-29(23-59-38(30)37)26-15-17-27(18-16-26)31-21-45-39(47-31)33-13-9-19-51(33)41(53)35(25(2)3)49-43(55)57-4/h6-8,11-12,15-18,21-25,33-36H,5,9-10,13-14,19-20H2,1-4H3,(H,45,47)(H,46,48)(H,49,55)(H,50,56)/t33?,34?,35-,36+/m0/s1. The molecular weight excluding hydrogens is 801 g/mol. The molecule has 60 heavy (non-hydrogen) atoms. The number of nitrogens with zero attached hydrogens (tertiary/aromatic N) is 4. The molecule has 2 aliphatic heterocycles. The fraction of sp³-hybridized carbons (Fsp3) is 0.364. The lowest BCUT2D eigenvalue weighted by Crippen LogP contribution is -2.51. The Balaban J connectivity index is 0.966. The minimum Gasteiger partial charge on any atom is -0.453 e. The predicted molar refractivity (Wildman–Crippen MR) is 231 cm³/mol. The minimum absolute atomic E-state index is 0.109. The summed E-state index contributed by atoms with van der Waals surface area (Å²) in [4.78, 5) is 72.3. The number of carbonyl (C=O) groups excluding carboxylic acids is 4. The molecule has 6 heterocycles. The Labute approximate surface area is 355 Å². The molecule has 2 unspecified atom stereocenters. The number of likely N-dealkylation sites (tertiary alicyclic amines) is 2. The number of rotatable bonds is 12. The summed E-state index contributed by atoms with van der Waals surface area (Å²) in [5, 5.41) is 9.82. The Bertz CT molecular complexity index is 2470. The number of ether oxygens (including phenoxy) is 2. The quantitative estimate of drug-likeness (QED) is 0.0947. The Morgan fingerprint density at radius 1 is 0.767 bits per heavy atom. The molecule has 4 amide bonds. The predicted octanol–water partition coefficient (Wildman–Crippen LogP) is 8.61. The van der Waals surface area contributed by atoms with E-state index >= 15 is 0 Å². The van der Waals surface area contributed by atoms with E-state index in [4.69, 9.17) is 19.4 Å². The minimum atomic E-state index is -0.880. The van der Waals surface area contributed by atoms with E-state index in [0.717, 1.165) is 75.7 Å². The van der Waals surface area contributed by atoms with Gasteiger partial charge in [-0.05, 0) is 55.2 Å². The van der Waals surface area contributed by atoms with Crippen molar-refractivity contribution in [2.75, 3.05) is 26.8 Å². The Hall–Kier alpha value is -6.00. The van der Waals surface area contributed by atoms with Crippen LogP contribution in [-0.4, -0.2) is 86.6 Å². The van der Waals surface area contributed by atoms with Gasteiger partial charge in [0.2, 0.25) is 5.91 Å². The highest BCUT2D eigenvalue weighted by Gasteiger charge is 2.39. The number of alkyl carbamates (subject to hydrolysis) is 2. The van der Waals surface area contributed by atoms with E-state index in [2.05, 4.69) is 55.6 Å². The van der Waals surface area contributed by atoms with E-state index in [1.165, 1.54) is 11.8 Å². The first-order chi connectivity index (χ1) is 29.1. The number of methoxy groups -OCH3 is 1. The van der Waals surface area contributed by atoms with Crippen LogP contribution in [0.15, 0.2) is 77.8 Å². The normalized spacial score (nSPS) is 17.6. The van der Waals surface area contributed by atoms with Crippen molar-refractivity contribution in [1.82, 2.24) is 40.4 Å². The topological polar surface area (TPSA) is 175 Å². The summed E-state index contributed by atoms with van der Waals surface area (Å²) in [6, 6.07) is 15.6. The number of thiophene rings is 2. The summed E-state index contributed by atoms with van der Waals surface area (Å²) >= 11 is 3.38. The number of nitrogens with one attached hydrogen (secondary N) is 4. The highest BCUT2D eigenvalue weighted by Crippen LogP contribution is 2.44. The van der Waals surface area contributed by atoms with Crippen LogP contribution in [0.1, 0.15) is 81.8 Å². The molecule has 4 aromatic heterocycles. The molecule has 2 aliphatic rings. The number of aromatic nitrogens is 4. The Morgan fingerprint density at radius 3 is 1.98 bits per heavy atom. The maximum Gasteiger partial charge on any atom is 0.408 e. The lowest BCUT2D eigenvalue weighted by Gasteiger charge is -2.30. The zero-order valence-corrected chi connectivity index (χ0v) is 35.5. The Kier molecular flexibility index (Phi) is 12.0. The van der Waals surface area contributed by atoms with Crippen LogP contribution in [0.25, 0.3) is 43.0 Å². The largest absolute Gasteiger partial charge is 0.453 e. The third-order valence-electron chi connectivity index (χ3n) is 11.3. The maximum atomic E-state index is 14.1. The number of carbonyl (C=O) groups is 4. The van der Waals surface area contributed by atoms with Crippen molar-refractivity contribution in [2.45, 2.75) is 70.6 Å². The fourth-order valence-electron chi connectivity index (χ4n) is 8.23. The number of fused-ring (bicyclic) bond motifs is 1. The average molecular weight is 849 g/mol. The SMILES string of the molecule is CCOC(=O)N[C@@H](C(=O)N1CCCC1c1ncc(-c2csc3c(-c4ccc(-c5cnc(C6CCCN6C(=O)[C@@H](NC(=O)OC)C(C)C)[nH]5)cc4)csc23)[nH]1)c1ccccc1. The average Bonchev–Trinajstić information content (AvgIpc) is 4.12. The van der Waals surface area contributed by atoms with E-state index < -0.39 is 24.3 Å². The first kappa shape index (κ1) is 40.8. The molecule has 4 atom stereocenters. The van der Waals surface area contributed by atoms with Gasteiger partial charge in [-0.3, -0.25) is 9.59 Å². The second-order valence-corrected chi connectivity index (χ2v) is 17.1. The number of hydrogen-bond acceptors (Lipinski definition) is 10. The van der Waals surface area contributed by atoms with E-state index in [1.807, 2.05) is 66.4 Å². The smallest absolute Gasteiger partial charge is 0.408 e. The van der Waals surface area contributed by atoms with Crippen molar-refractivity contribution in [3.05, 3.63) is 95.0 Å². The van der Waals surface area contributed by atoms with Gasteiger partial charge < -0.3 is 39.9 Å². The lowest BCUT2D eigenvalue weighted by molar-refractivity contribution is -0.136. The number of hydrogen-bond donors (Lipinski definition) is 4.